The summed E-state index contributed by atoms with van der Waals surface area (Å²) < 4.78 is 24.3. The van der Waals surface area contributed by atoms with Crippen molar-refractivity contribution in [3.8, 4) is 0 Å². The summed E-state index contributed by atoms with van der Waals surface area (Å²) in [7, 11) is -3.01. The predicted molar refractivity (Wildman–Crippen MR) is 124 cm³/mol. The molecule has 6 heteroatoms. The van der Waals surface area contributed by atoms with E-state index in [9.17, 15) is 13.2 Å². The summed E-state index contributed by atoms with van der Waals surface area (Å²) in [5.74, 6) is 2.01. The van der Waals surface area contributed by atoms with E-state index in [1.807, 2.05) is 4.90 Å². The zero-order valence-electron chi connectivity index (χ0n) is 19.0. The molecule has 5 nitrogen and oxygen atoms in total. The Morgan fingerprint density at radius 3 is 2.13 bits per heavy atom. The Labute approximate surface area is 182 Å². The fraction of sp³-hybridized carbons (Fsp3) is 0.708. The number of hydrogen-bond donors (Lipinski definition) is 0. The average Bonchev–Trinajstić information content (AvgIpc) is 2.68. The second-order valence-electron chi connectivity index (χ2n) is 9.90. The number of anilines is 1. The van der Waals surface area contributed by atoms with Crippen molar-refractivity contribution in [2.24, 2.45) is 17.8 Å². The molecule has 1 aromatic carbocycles. The minimum absolute atomic E-state index is 0.146. The standard InChI is InChI=1S/C24H38N2O3S/c1-18(2)30(28,29)17-22-9-11-25(12-10-22)24(27)14-21-5-7-23(8-6-21)26-15-19(3)13-20(4)16-26/h5-8,18-20,22H,9-17H2,1-4H3/t19-,20+. The molecule has 0 radical (unpaired) electrons. The van der Waals surface area contributed by atoms with E-state index < -0.39 is 9.84 Å². The first-order chi connectivity index (χ1) is 14.1. The molecule has 168 valence electrons. The lowest BCUT2D eigenvalue weighted by Crippen LogP contribution is -2.41. The lowest BCUT2D eigenvalue weighted by atomic mass is 9.91. The summed E-state index contributed by atoms with van der Waals surface area (Å²) in [4.78, 5) is 17.1. The fourth-order valence-electron chi connectivity index (χ4n) is 4.85. The minimum Gasteiger partial charge on any atom is -0.371 e. The summed E-state index contributed by atoms with van der Waals surface area (Å²) in [5, 5.41) is -0.323. The molecule has 2 aliphatic rings. The van der Waals surface area contributed by atoms with Crippen molar-refractivity contribution in [1.82, 2.24) is 4.90 Å². The maximum atomic E-state index is 12.7. The summed E-state index contributed by atoms with van der Waals surface area (Å²) >= 11 is 0. The van der Waals surface area contributed by atoms with Crippen LogP contribution in [0.25, 0.3) is 0 Å². The third-order valence-corrected chi connectivity index (χ3v) is 9.05. The first-order valence-electron chi connectivity index (χ1n) is 11.5. The molecule has 2 fully saturated rings. The van der Waals surface area contributed by atoms with Crippen LogP contribution in [-0.4, -0.2) is 56.4 Å². The van der Waals surface area contributed by atoms with Crippen molar-refractivity contribution < 1.29 is 13.2 Å². The number of piperidine rings is 2. The van der Waals surface area contributed by atoms with E-state index in [1.54, 1.807) is 13.8 Å². The average molecular weight is 435 g/mol. The number of amides is 1. The molecule has 0 bridgehead atoms. The molecule has 2 aliphatic heterocycles. The van der Waals surface area contributed by atoms with Crippen LogP contribution < -0.4 is 4.90 Å². The zero-order valence-corrected chi connectivity index (χ0v) is 19.8. The van der Waals surface area contributed by atoms with Gasteiger partial charge in [-0.25, -0.2) is 8.42 Å². The van der Waals surface area contributed by atoms with Crippen LogP contribution in [0.2, 0.25) is 0 Å². The Bertz CT molecular complexity index is 801. The van der Waals surface area contributed by atoms with E-state index in [2.05, 4.69) is 43.0 Å². The monoisotopic (exact) mass is 434 g/mol. The normalized spacial score (nSPS) is 23.8. The van der Waals surface area contributed by atoms with Gasteiger partial charge in [0, 0.05) is 31.9 Å². The second-order valence-corrected chi connectivity index (χ2v) is 12.5. The van der Waals surface area contributed by atoms with E-state index in [4.69, 9.17) is 0 Å². The number of benzene rings is 1. The summed E-state index contributed by atoms with van der Waals surface area (Å²) in [6.07, 6.45) is 3.27. The summed E-state index contributed by atoms with van der Waals surface area (Å²) in [6, 6.07) is 8.46. The van der Waals surface area contributed by atoms with Gasteiger partial charge in [-0.15, -0.1) is 0 Å². The Morgan fingerprint density at radius 1 is 1.03 bits per heavy atom. The molecule has 0 spiro atoms. The van der Waals surface area contributed by atoms with Crippen LogP contribution in [0.4, 0.5) is 5.69 Å². The van der Waals surface area contributed by atoms with Crippen molar-refractivity contribution in [2.75, 3.05) is 36.8 Å². The van der Waals surface area contributed by atoms with Gasteiger partial charge >= 0.3 is 0 Å². The van der Waals surface area contributed by atoms with Gasteiger partial charge in [-0.05, 0) is 68.6 Å². The number of likely N-dealkylation sites (tertiary alicyclic amines) is 1. The van der Waals surface area contributed by atoms with Crippen molar-refractivity contribution in [3.63, 3.8) is 0 Å². The van der Waals surface area contributed by atoms with Crippen LogP contribution in [0.3, 0.4) is 0 Å². The van der Waals surface area contributed by atoms with Gasteiger partial charge in [0.2, 0.25) is 5.91 Å². The van der Waals surface area contributed by atoms with Gasteiger partial charge in [0.25, 0.3) is 0 Å². The molecule has 2 heterocycles. The quantitative estimate of drug-likeness (QED) is 0.684. The number of carbonyl (C=O) groups is 1. The SMILES string of the molecule is CC(C)S(=O)(=O)CC1CCN(C(=O)Cc2ccc(N3C[C@H](C)C[C@H](C)C3)cc2)CC1. The van der Waals surface area contributed by atoms with Crippen molar-refractivity contribution in [2.45, 2.75) is 58.6 Å². The van der Waals surface area contributed by atoms with Crippen molar-refractivity contribution in [1.29, 1.82) is 0 Å². The molecule has 2 atom stereocenters. The van der Waals surface area contributed by atoms with Gasteiger partial charge in [0.15, 0.2) is 9.84 Å². The smallest absolute Gasteiger partial charge is 0.226 e. The Kier molecular flexibility index (Phi) is 7.48. The largest absolute Gasteiger partial charge is 0.371 e. The highest BCUT2D eigenvalue weighted by atomic mass is 32.2. The van der Waals surface area contributed by atoms with E-state index in [0.29, 0.717) is 31.3 Å². The molecule has 30 heavy (non-hydrogen) atoms. The maximum Gasteiger partial charge on any atom is 0.226 e. The van der Waals surface area contributed by atoms with Gasteiger partial charge in [0.05, 0.1) is 17.4 Å². The summed E-state index contributed by atoms with van der Waals surface area (Å²) in [6.45, 7) is 11.7. The molecular weight excluding hydrogens is 396 g/mol. The van der Waals surface area contributed by atoms with Crippen molar-refractivity contribution in [3.05, 3.63) is 29.8 Å². The molecule has 3 rings (SSSR count). The van der Waals surface area contributed by atoms with E-state index >= 15 is 0 Å². The van der Waals surface area contributed by atoms with Crippen LogP contribution >= 0.6 is 0 Å². The molecule has 0 N–H and O–H groups in total. The third-order valence-electron chi connectivity index (χ3n) is 6.68. The number of carbonyl (C=O) groups excluding carboxylic acids is 1. The molecule has 0 aliphatic carbocycles. The van der Waals surface area contributed by atoms with Crippen LogP contribution in [0.15, 0.2) is 24.3 Å². The molecule has 0 saturated carbocycles. The third kappa shape index (κ3) is 5.99. The number of rotatable bonds is 6. The van der Waals surface area contributed by atoms with Gasteiger partial charge in [0.1, 0.15) is 0 Å². The Morgan fingerprint density at radius 2 is 1.60 bits per heavy atom. The first-order valence-corrected chi connectivity index (χ1v) is 13.2. The van der Waals surface area contributed by atoms with Gasteiger partial charge < -0.3 is 9.80 Å². The molecule has 1 amide bonds. The highest BCUT2D eigenvalue weighted by molar-refractivity contribution is 7.91. The summed E-state index contributed by atoms with van der Waals surface area (Å²) in [5.41, 5.74) is 2.29. The molecule has 2 saturated heterocycles. The van der Waals surface area contributed by atoms with Gasteiger partial charge in [-0.2, -0.15) is 0 Å². The van der Waals surface area contributed by atoms with Gasteiger partial charge in [-0.1, -0.05) is 26.0 Å². The molecule has 1 aromatic rings. The predicted octanol–water partition coefficient (Wildman–Crippen LogP) is 3.77. The van der Waals surface area contributed by atoms with E-state index in [-0.39, 0.29) is 22.8 Å². The van der Waals surface area contributed by atoms with Crippen LogP contribution in [0, 0.1) is 17.8 Å². The maximum absolute atomic E-state index is 12.7. The highest BCUT2D eigenvalue weighted by Crippen LogP contribution is 2.27. The van der Waals surface area contributed by atoms with Crippen LogP contribution in [-0.2, 0) is 21.1 Å². The van der Waals surface area contributed by atoms with Crippen molar-refractivity contribution >= 4 is 21.4 Å². The number of sulfone groups is 1. The highest BCUT2D eigenvalue weighted by Gasteiger charge is 2.28. The molecular formula is C24H38N2O3S. The first kappa shape index (κ1) is 23.1. The van der Waals surface area contributed by atoms with E-state index in [1.165, 1.54) is 12.1 Å². The Balaban J connectivity index is 1.50. The zero-order chi connectivity index (χ0) is 21.9. The second kappa shape index (κ2) is 9.71. The Hall–Kier alpha value is -1.56. The van der Waals surface area contributed by atoms with E-state index in [0.717, 1.165) is 31.5 Å². The topological polar surface area (TPSA) is 57.7 Å². The lowest BCUT2D eigenvalue weighted by Gasteiger charge is -2.36. The molecule has 0 unspecified atom stereocenters. The van der Waals surface area contributed by atoms with Crippen LogP contribution in [0.1, 0.15) is 52.5 Å². The minimum atomic E-state index is -3.01. The number of nitrogens with zero attached hydrogens (tertiary/aromatic N) is 2. The van der Waals surface area contributed by atoms with Gasteiger partial charge in [-0.3, -0.25) is 4.79 Å². The van der Waals surface area contributed by atoms with Crippen LogP contribution in [0.5, 0.6) is 0 Å². The lowest BCUT2D eigenvalue weighted by molar-refractivity contribution is -0.131. The number of hydrogen-bond acceptors (Lipinski definition) is 4. The fourth-order valence-corrected chi connectivity index (χ4v) is 6.23. The molecule has 0 aromatic heterocycles.